The predicted molar refractivity (Wildman–Crippen MR) is 119 cm³/mol. The number of hydrogen-bond donors (Lipinski definition) is 2. The number of nitrogens with one attached hydrogen (secondary N) is 2. The van der Waals surface area contributed by atoms with Crippen LogP contribution in [0.5, 0.6) is 0 Å². The van der Waals surface area contributed by atoms with E-state index < -0.39 is 0 Å². The summed E-state index contributed by atoms with van der Waals surface area (Å²) in [5.74, 6) is 1.93. The number of fused-ring (bicyclic) bond motifs is 1. The number of aromatic nitrogens is 4. The average molecular weight is 424 g/mol. The van der Waals surface area contributed by atoms with Crippen LogP contribution in [0, 0.1) is 17.2 Å². The van der Waals surface area contributed by atoms with Crippen LogP contribution in [0.15, 0.2) is 35.6 Å². The summed E-state index contributed by atoms with van der Waals surface area (Å²) >= 11 is 1.58. The molecule has 0 radical (unpaired) electrons. The molecule has 0 fully saturated rings. The number of amides is 1. The van der Waals surface area contributed by atoms with Crippen LogP contribution in [-0.4, -0.2) is 44.5 Å². The van der Waals surface area contributed by atoms with Crippen molar-refractivity contribution < 1.29 is 4.79 Å². The van der Waals surface area contributed by atoms with E-state index in [1.54, 1.807) is 46.9 Å². The van der Waals surface area contributed by atoms with Crippen LogP contribution in [0.3, 0.4) is 0 Å². The Bertz CT molecular complexity index is 1070. The molecule has 2 heterocycles. The highest BCUT2D eigenvalue weighted by atomic mass is 32.2. The Morgan fingerprint density at radius 3 is 2.90 bits per heavy atom. The van der Waals surface area contributed by atoms with Gasteiger partial charge >= 0.3 is 0 Å². The molecule has 156 valence electrons. The molecular formula is C21H25N7OS. The summed E-state index contributed by atoms with van der Waals surface area (Å²) in [7, 11) is 0. The smallest absolute Gasteiger partial charge is 0.251 e. The lowest BCUT2D eigenvalue weighted by Gasteiger charge is -2.11. The van der Waals surface area contributed by atoms with Crippen molar-refractivity contribution in [2.24, 2.45) is 5.92 Å². The Morgan fingerprint density at radius 2 is 2.17 bits per heavy atom. The van der Waals surface area contributed by atoms with Gasteiger partial charge in [0.05, 0.1) is 29.8 Å². The van der Waals surface area contributed by atoms with Gasteiger partial charge in [-0.1, -0.05) is 38.6 Å². The number of hydrogen-bond acceptors (Lipinski definition) is 7. The summed E-state index contributed by atoms with van der Waals surface area (Å²) in [6, 6.07) is 8.68. The molecule has 0 bridgehead atoms. The molecule has 0 unspecified atom stereocenters. The lowest BCUT2D eigenvalue weighted by Crippen LogP contribution is -2.27. The van der Waals surface area contributed by atoms with E-state index in [2.05, 4.69) is 46.5 Å². The molecule has 9 heteroatoms. The molecule has 3 rings (SSSR count). The highest BCUT2D eigenvalue weighted by Crippen LogP contribution is 2.24. The van der Waals surface area contributed by atoms with Crippen LogP contribution < -0.4 is 10.6 Å². The number of anilines is 1. The maximum Gasteiger partial charge on any atom is 0.251 e. The van der Waals surface area contributed by atoms with E-state index in [9.17, 15) is 4.79 Å². The monoisotopic (exact) mass is 423 g/mol. The Kier molecular flexibility index (Phi) is 7.25. The Balaban J connectivity index is 1.74. The second-order valence-electron chi connectivity index (χ2n) is 7.12. The van der Waals surface area contributed by atoms with Gasteiger partial charge in [0, 0.05) is 18.7 Å². The van der Waals surface area contributed by atoms with Crippen molar-refractivity contribution in [1.82, 2.24) is 25.1 Å². The van der Waals surface area contributed by atoms with Crippen molar-refractivity contribution >= 4 is 34.5 Å². The zero-order valence-corrected chi connectivity index (χ0v) is 18.2. The zero-order chi connectivity index (χ0) is 21.5. The van der Waals surface area contributed by atoms with E-state index in [1.165, 1.54) is 0 Å². The maximum absolute atomic E-state index is 12.4. The van der Waals surface area contributed by atoms with Crippen molar-refractivity contribution in [2.45, 2.75) is 32.5 Å². The molecule has 2 aromatic heterocycles. The normalized spacial score (nSPS) is 10.9. The Hall–Kier alpha value is -3.12. The molecular weight excluding hydrogens is 398 g/mol. The molecule has 0 saturated carbocycles. The summed E-state index contributed by atoms with van der Waals surface area (Å²) in [5, 5.41) is 21.3. The van der Waals surface area contributed by atoms with Crippen LogP contribution in [0.2, 0.25) is 0 Å². The second-order valence-corrected chi connectivity index (χ2v) is 8.35. The van der Waals surface area contributed by atoms with Crippen molar-refractivity contribution in [3.8, 4) is 6.07 Å². The minimum atomic E-state index is -0.222. The van der Waals surface area contributed by atoms with Gasteiger partial charge in [-0.15, -0.1) is 0 Å². The number of benzene rings is 1. The highest BCUT2D eigenvalue weighted by molar-refractivity contribution is 7.99. The Morgan fingerprint density at radius 1 is 1.33 bits per heavy atom. The molecule has 1 aromatic carbocycles. The molecule has 0 atom stereocenters. The summed E-state index contributed by atoms with van der Waals surface area (Å²) in [6.07, 6.45) is 1.76. The first-order valence-electron chi connectivity index (χ1n) is 9.90. The third kappa shape index (κ3) is 5.27. The first-order chi connectivity index (χ1) is 14.5. The largest absolute Gasteiger partial charge is 0.369 e. The number of carbonyl (C=O) groups is 1. The number of nitriles is 1. The fraction of sp³-hybridized carbons (Fsp3) is 0.381. The second kappa shape index (κ2) is 10.1. The number of nitrogens with zero attached hydrogens (tertiary/aromatic N) is 5. The molecule has 0 aliphatic heterocycles. The van der Waals surface area contributed by atoms with Crippen LogP contribution in [0.25, 0.3) is 11.0 Å². The summed E-state index contributed by atoms with van der Waals surface area (Å²) in [6.45, 7) is 8.03. The molecule has 30 heavy (non-hydrogen) atoms. The van der Waals surface area contributed by atoms with Crippen molar-refractivity contribution in [1.29, 1.82) is 5.26 Å². The van der Waals surface area contributed by atoms with E-state index >= 15 is 0 Å². The van der Waals surface area contributed by atoms with Gasteiger partial charge in [-0.3, -0.25) is 4.79 Å². The van der Waals surface area contributed by atoms with E-state index in [0.29, 0.717) is 35.3 Å². The van der Waals surface area contributed by atoms with Gasteiger partial charge in [0.2, 0.25) is 0 Å². The van der Waals surface area contributed by atoms with Gasteiger partial charge in [0.25, 0.3) is 5.91 Å². The minimum absolute atomic E-state index is 0.222. The standard InChI is InChI=1S/C21H25N7OS/c1-4-30-21-26-18(24-12-14(2)3)17-13-25-28(19(17)27-21)9-8-23-20(29)16-7-5-6-15(10-16)11-22/h5-7,10,13-14H,4,8-9,12H2,1-3H3,(H,23,29)(H,24,26,27). The zero-order valence-electron chi connectivity index (χ0n) is 17.3. The van der Waals surface area contributed by atoms with Crippen LogP contribution in [0.1, 0.15) is 36.7 Å². The average Bonchev–Trinajstić information content (AvgIpc) is 3.15. The molecule has 3 aromatic rings. The Labute approximate surface area is 180 Å². The first kappa shape index (κ1) is 21.6. The van der Waals surface area contributed by atoms with Gasteiger partial charge in [0.15, 0.2) is 10.8 Å². The molecule has 0 aliphatic rings. The summed E-state index contributed by atoms with van der Waals surface area (Å²) in [5.41, 5.74) is 1.66. The molecule has 8 nitrogen and oxygen atoms in total. The van der Waals surface area contributed by atoms with Crippen molar-refractivity contribution in [3.05, 3.63) is 41.6 Å². The fourth-order valence-electron chi connectivity index (χ4n) is 2.84. The van der Waals surface area contributed by atoms with Gasteiger partial charge in [0.1, 0.15) is 5.82 Å². The van der Waals surface area contributed by atoms with Crippen LogP contribution in [-0.2, 0) is 6.54 Å². The van der Waals surface area contributed by atoms with Crippen molar-refractivity contribution in [2.75, 3.05) is 24.2 Å². The molecule has 0 spiro atoms. The van der Waals surface area contributed by atoms with Gasteiger partial charge < -0.3 is 10.6 Å². The lowest BCUT2D eigenvalue weighted by atomic mass is 10.1. The summed E-state index contributed by atoms with van der Waals surface area (Å²) < 4.78 is 1.78. The minimum Gasteiger partial charge on any atom is -0.369 e. The van der Waals surface area contributed by atoms with Gasteiger partial charge in [-0.2, -0.15) is 10.4 Å². The topological polar surface area (TPSA) is 109 Å². The van der Waals surface area contributed by atoms with E-state index in [-0.39, 0.29) is 5.91 Å². The first-order valence-corrected chi connectivity index (χ1v) is 10.9. The van der Waals surface area contributed by atoms with Gasteiger partial charge in [-0.05, 0) is 29.9 Å². The van der Waals surface area contributed by atoms with Crippen molar-refractivity contribution in [3.63, 3.8) is 0 Å². The summed E-state index contributed by atoms with van der Waals surface area (Å²) in [4.78, 5) is 21.6. The lowest BCUT2D eigenvalue weighted by molar-refractivity contribution is 0.0952. The molecule has 0 aliphatic carbocycles. The SMILES string of the molecule is CCSc1nc(NCC(C)C)c2cnn(CCNC(=O)c3cccc(C#N)c3)c2n1. The third-order valence-electron chi connectivity index (χ3n) is 4.29. The number of rotatable bonds is 9. The fourth-order valence-corrected chi connectivity index (χ4v) is 3.40. The highest BCUT2D eigenvalue weighted by Gasteiger charge is 2.14. The number of thioether (sulfide) groups is 1. The predicted octanol–water partition coefficient (Wildman–Crippen LogP) is 3.31. The maximum atomic E-state index is 12.4. The van der Waals surface area contributed by atoms with Crippen LogP contribution >= 0.6 is 11.8 Å². The molecule has 1 amide bonds. The quantitative estimate of drug-likeness (QED) is 0.401. The van der Waals surface area contributed by atoms with Gasteiger partial charge in [-0.25, -0.2) is 14.6 Å². The van der Waals surface area contributed by atoms with Crippen LogP contribution in [0.4, 0.5) is 5.82 Å². The van der Waals surface area contributed by atoms with E-state index in [4.69, 9.17) is 5.26 Å². The third-order valence-corrected chi connectivity index (χ3v) is 5.02. The van der Waals surface area contributed by atoms with E-state index in [0.717, 1.165) is 29.1 Å². The number of carbonyl (C=O) groups excluding carboxylic acids is 1. The molecule has 2 N–H and O–H groups in total. The van der Waals surface area contributed by atoms with E-state index in [1.807, 2.05) is 6.07 Å². The molecule has 0 saturated heterocycles.